The zero-order valence-electron chi connectivity index (χ0n) is 12.1. The second-order valence-electron chi connectivity index (χ2n) is 4.78. The molecule has 1 heterocycles. The van der Waals surface area contributed by atoms with Gasteiger partial charge < -0.3 is 19.7 Å². The molecule has 1 N–H and O–H groups in total. The summed E-state index contributed by atoms with van der Waals surface area (Å²) in [6.07, 6.45) is -0.874. The molecule has 0 spiro atoms. The second kappa shape index (κ2) is 7.53. The molecular formula is C16H13NaO4S. The van der Waals surface area contributed by atoms with E-state index >= 15 is 0 Å². The van der Waals surface area contributed by atoms with Crippen molar-refractivity contribution >= 4 is 17.7 Å². The molecule has 0 aliphatic carbocycles. The van der Waals surface area contributed by atoms with E-state index in [0.29, 0.717) is 11.3 Å². The molecular weight excluding hydrogens is 311 g/mol. The smallest absolute Gasteiger partial charge is 0.550 e. The van der Waals surface area contributed by atoms with E-state index in [1.54, 1.807) is 23.9 Å². The summed E-state index contributed by atoms with van der Waals surface area (Å²) >= 11 is 1.61. The monoisotopic (exact) mass is 324 g/mol. The number of para-hydroxylation sites is 1. The van der Waals surface area contributed by atoms with E-state index in [1.165, 1.54) is 0 Å². The number of aliphatic hydroxyl groups is 1. The van der Waals surface area contributed by atoms with E-state index in [-0.39, 0.29) is 42.4 Å². The number of carboxylic acid groups (broad SMARTS) is 1. The summed E-state index contributed by atoms with van der Waals surface area (Å²) in [4.78, 5) is 12.5. The number of carboxylic acids is 1. The summed E-state index contributed by atoms with van der Waals surface area (Å²) < 4.78 is 5.83. The number of benzene rings is 2. The maximum atomic E-state index is 10.5. The topological polar surface area (TPSA) is 69.6 Å². The van der Waals surface area contributed by atoms with Gasteiger partial charge in [-0.1, -0.05) is 30.0 Å². The Labute approximate surface area is 154 Å². The van der Waals surface area contributed by atoms with Crippen LogP contribution in [0, 0.1) is 0 Å². The van der Waals surface area contributed by atoms with Crippen molar-refractivity contribution in [2.24, 2.45) is 0 Å². The first kappa shape index (κ1) is 17.4. The van der Waals surface area contributed by atoms with Crippen molar-refractivity contribution in [2.75, 3.05) is 0 Å². The van der Waals surface area contributed by atoms with Gasteiger partial charge in [-0.25, -0.2) is 0 Å². The van der Waals surface area contributed by atoms with Gasteiger partial charge in [-0.05, 0) is 42.7 Å². The minimum atomic E-state index is -1.16. The molecule has 6 heteroatoms. The van der Waals surface area contributed by atoms with Crippen LogP contribution in [0.5, 0.6) is 11.5 Å². The number of rotatable bonds is 4. The maximum absolute atomic E-state index is 10.5. The van der Waals surface area contributed by atoms with Crippen molar-refractivity contribution in [3.63, 3.8) is 0 Å². The molecule has 0 bridgehead atoms. The minimum Gasteiger partial charge on any atom is -0.550 e. The molecule has 0 saturated carbocycles. The third kappa shape index (κ3) is 3.86. The summed E-state index contributed by atoms with van der Waals surface area (Å²) in [7, 11) is 0. The van der Waals surface area contributed by atoms with Crippen LogP contribution < -0.4 is 39.4 Å². The molecule has 0 radical (unpaired) electrons. The Bertz CT molecular complexity index is 690. The molecule has 4 nitrogen and oxygen atoms in total. The average molecular weight is 324 g/mol. The van der Waals surface area contributed by atoms with E-state index in [2.05, 4.69) is 0 Å². The van der Waals surface area contributed by atoms with Gasteiger partial charge in [0.2, 0.25) is 0 Å². The Morgan fingerprint density at radius 3 is 2.68 bits per heavy atom. The Balaban J connectivity index is 0.00000176. The van der Waals surface area contributed by atoms with Gasteiger partial charge >= 0.3 is 29.6 Å². The van der Waals surface area contributed by atoms with Crippen LogP contribution in [-0.4, -0.2) is 11.1 Å². The quantitative estimate of drug-likeness (QED) is 0.656. The number of aliphatic carboxylic acids is 1. The number of hydrogen-bond acceptors (Lipinski definition) is 5. The van der Waals surface area contributed by atoms with Gasteiger partial charge in [0.05, 0.1) is 15.9 Å². The molecule has 1 unspecified atom stereocenters. The Morgan fingerprint density at radius 1 is 1.18 bits per heavy atom. The Hall–Kier alpha value is -0.980. The van der Waals surface area contributed by atoms with Crippen LogP contribution in [0.25, 0.3) is 0 Å². The summed E-state index contributed by atoms with van der Waals surface area (Å²) in [5.41, 5.74) is 0.648. The third-order valence-electron chi connectivity index (χ3n) is 3.26. The van der Waals surface area contributed by atoms with Crippen LogP contribution >= 0.6 is 11.8 Å². The van der Waals surface area contributed by atoms with Crippen LogP contribution in [0.1, 0.15) is 24.5 Å². The SMILES string of the molecule is O=C([O-])CCC(O)c1ccc2c(c1)Oc1ccccc1S2.[Na+]. The summed E-state index contributed by atoms with van der Waals surface area (Å²) in [5.74, 6) is 0.313. The van der Waals surface area contributed by atoms with Crippen LogP contribution in [0.3, 0.4) is 0 Å². The van der Waals surface area contributed by atoms with Gasteiger partial charge in [0.1, 0.15) is 11.5 Å². The van der Waals surface area contributed by atoms with Crippen molar-refractivity contribution in [1.29, 1.82) is 0 Å². The van der Waals surface area contributed by atoms with Crippen LogP contribution in [0.4, 0.5) is 0 Å². The standard InChI is InChI=1S/C16H14O4S.Na/c17-11(6-8-16(18)19)10-5-7-15-13(9-10)20-12-3-1-2-4-14(12)21-15;/h1-5,7,9,11,17H,6,8H2,(H,18,19);/q;+1/p-1. The molecule has 0 fully saturated rings. The first-order valence-corrected chi connectivity index (χ1v) is 7.42. The van der Waals surface area contributed by atoms with E-state index in [9.17, 15) is 15.0 Å². The van der Waals surface area contributed by atoms with Gasteiger partial charge in [-0.15, -0.1) is 0 Å². The summed E-state index contributed by atoms with van der Waals surface area (Å²) in [6.45, 7) is 0. The molecule has 3 rings (SSSR count). The minimum absolute atomic E-state index is 0. The van der Waals surface area contributed by atoms with Crippen LogP contribution in [-0.2, 0) is 4.79 Å². The van der Waals surface area contributed by atoms with Gasteiger partial charge in [0.25, 0.3) is 0 Å². The molecule has 1 aliphatic heterocycles. The van der Waals surface area contributed by atoms with Crippen LogP contribution in [0.15, 0.2) is 52.3 Å². The third-order valence-corrected chi connectivity index (χ3v) is 4.38. The molecule has 108 valence electrons. The van der Waals surface area contributed by atoms with Crippen molar-refractivity contribution in [1.82, 2.24) is 0 Å². The Kier molecular flexibility index (Phi) is 5.94. The number of carbonyl (C=O) groups is 1. The fraction of sp³-hybridized carbons (Fsp3) is 0.188. The first-order chi connectivity index (χ1) is 10.1. The van der Waals surface area contributed by atoms with E-state index in [1.807, 2.05) is 30.3 Å². The number of aliphatic hydroxyl groups excluding tert-OH is 1. The van der Waals surface area contributed by atoms with E-state index in [0.717, 1.165) is 15.5 Å². The van der Waals surface area contributed by atoms with Crippen molar-refractivity contribution < 1.29 is 49.3 Å². The zero-order chi connectivity index (χ0) is 14.8. The number of fused-ring (bicyclic) bond motifs is 2. The number of hydrogen-bond donors (Lipinski definition) is 1. The first-order valence-electron chi connectivity index (χ1n) is 6.60. The van der Waals surface area contributed by atoms with Crippen molar-refractivity contribution in [3.05, 3.63) is 48.0 Å². The summed E-state index contributed by atoms with van der Waals surface area (Å²) in [6, 6.07) is 13.2. The van der Waals surface area contributed by atoms with Gasteiger partial charge in [-0.2, -0.15) is 0 Å². The normalized spacial score (nSPS) is 13.1. The zero-order valence-corrected chi connectivity index (χ0v) is 14.9. The molecule has 0 amide bonds. The molecule has 2 aromatic rings. The fourth-order valence-electron chi connectivity index (χ4n) is 2.17. The van der Waals surface area contributed by atoms with E-state index < -0.39 is 12.1 Å². The van der Waals surface area contributed by atoms with Crippen molar-refractivity contribution in [3.8, 4) is 11.5 Å². The van der Waals surface area contributed by atoms with Crippen LogP contribution in [0.2, 0.25) is 0 Å². The largest absolute Gasteiger partial charge is 1.00 e. The molecule has 0 aromatic heterocycles. The maximum Gasteiger partial charge on any atom is 1.00 e. The van der Waals surface area contributed by atoms with Gasteiger partial charge in [-0.3, -0.25) is 0 Å². The van der Waals surface area contributed by atoms with Gasteiger partial charge in [0, 0.05) is 5.97 Å². The van der Waals surface area contributed by atoms with Gasteiger partial charge in [0.15, 0.2) is 0 Å². The number of carbonyl (C=O) groups excluding carboxylic acids is 1. The summed E-state index contributed by atoms with van der Waals surface area (Å²) in [5, 5.41) is 20.5. The van der Waals surface area contributed by atoms with E-state index in [4.69, 9.17) is 4.74 Å². The number of ether oxygens (including phenoxy) is 1. The second-order valence-corrected chi connectivity index (χ2v) is 5.87. The molecule has 1 aliphatic rings. The predicted molar refractivity (Wildman–Crippen MR) is 76.3 cm³/mol. The van der Waals surface area contributed by atoms with Crippen molar-refractivity contribution in [2.45, 2.75) is 28.7 Å². The average Bonchev–Trinajstić information content (AvgIpc) is 2.50. The molecule has 2 aromatic carbocycles. The molecule has 22 heavy (non-hydrogen) atoms. The predicted octanol–water partition coefficient (Wildman–Crippen LogP) is -0.489. The molecule has 1 atom stereocenters. The Morgan fingerprint density at radius 2 is 1.91 bits per heavy atom. The fourth-order valence-corrected chi connectivity index (χ4v) is 3.10. The molecule has 0 saturated heterocycles.